The molecule has 0 fully saturated rings. The summed E-state index contributed by atoms with van der Waals surface area (Å²) in [6.07, 6.45) is 3.76. The monoisotopic (exact) mass is 253 g/mol. The van der Waals surface area contributed by atoms with Crippen LogP contribution in [-0.2, 0) is 7.05 Å². The molecule has 19 heavy (non-hydrogen) atoms. The van der Waals surface area contributed by atoms with Crippen LogP contribution in [0.5, 0.6) is 0 Å². The normalized spacial score (nSPS) is 10.6. The van der Waals surface area contributed by atoms with Gasteiger partial charge in [0.05, 0.1) is 11.9 Å². The molecule has 0 unspecified atom stereocenters. The fourth-order valence-electron chi connectivity index (χ4n) is 1.98. The maximum Gasteiger partial charge on any atom is 0.213 e. The molecule has 1 N–H and O–H groups in total. The maximum absolute atomic E-state index is 4.51. The van der Waals surface area contributed by atoms with Gasteiger partial charge in [-0.25, -0.2) is 4.98 Å². The Bertz CT molecular complexity index is 681. The molecule has 0 aliphatic heterocycles. The Balaban J connectivity index is 2.01. The zero-order valence-corrected chi connectivity index (χ0v) is 10.9. The van der Waals surface area contributed by atoms with E-state index in [1.54, 1.807) is 10.9 Å². The Kier molecular flexibility index (Phi) is 2.79. The topological polar surface area (TPSA) is 47.7 Å². The van der Waals surface area contributed by atoms with Crippen molar-refractivity contribution < 1.29 is 0 Å². The van der Waals surface area contributed by atoms with Crippen LogP contribution in [0.2, 0.25) is 0 Å². The number of hydrogen-bond donors (Lipinski definition) is 1. The third-order valence-corrected chi connectivity index (χ3v) is 2.92. The molecule has 0 aliphatic rings. The highest BCUT2D eigenvalue weighted by Crippen LogP contribution is 2.19. The molecule has 0 saturated heterocycles. The van der Waals surface area contributed by atoms with Crippen molar-refractivity contribution in [2.45, 2.75) is 6.92 Å². The third-order valence-electron chi connectivity index (χ3n) is 2.92. The molecule has 1 aromatic carbocycles. The standard InChI is InChI=1S/C14H15N5/c1-11-10-19(12-6-4-3-5-7-12)14(16-11)17-13-8-9-15-18(13)2/h3-10H,1-2H3,(H,16,17). The summed E-state index contributed by atoms with van der Waals surface area (Å²) in [6.45, 7) is 1.98. The van der Waals surface area contributed by atoms with Gasteiger partial charge in [-0.15, -0.1) is 0 Å². The lowest BCUT2D eigenvalue weighted by Gasteiger charge is -2.09. The van der Waals surface area contributed by atoms with E-state index in [0.29, 0.717) is 0 Å². The molecular weight excluding hydrogens is 238 g/mol. The Labute approximate surface area is 111 Å². The first kappa shape index (κ1) is 11.5. The van der Waals surface area contributed by atoms with Crippen LogP contribution in [0.15, 0.2) is 48.8 Å². The van der Waals surface area contributed by atoms with Crippen LogP contribution >= 0.6 is 0 Å². The summed E-state index contributed by atoms with van der Waals surface area (Å²) in [6, 6.07) is 12.0. The second-order valence-electron chi connectivity index (χ2n) is 4.38. The van der Waals surface area contributed by atoms with Gasteiger partial charge in [-0.1, -0.05) is 18.2 Å². The summed E-state index contributed by atoms with van der Waals surface area (Å²) in [5, 5.41) is 7.43. The van der Waals surface area contributed by atoms with Gasteiger partial charge < -0.3 is 5.32 Å². The molecule has 5 nitrogen and oxygen atoms in total. The maximum atomic E-state index is 4.51. The molecule has 0 spiro atoms. The number of aromatic nitrogens is 4. The van der Waals surface area contributed by atoms with Gasteiger partial charge in [0.2, 0.25) is 5.95 Å². The van der Waals surface area contributed by atoms with E-state index in [1.165, 1.54) is 0 Å². The van der Waals surface area contributed by atoms with Gasteiger partial charge in [-0.2, -0.15) is 5.10 Å². The van der Waals surface area contributed by atoms with Crippen LogP contribution in [0.1, 0.15) is 5.69 Å². The van der Waals surface area contributed by atoms with Crippen LogP contribution < -0.4 is 5.32 Å². The van der Waals surface area contributed by atoms with Crippen LogP contribution in [0.3, 0.4) is 0 Å². The van der Waals surface area contributed by atoms with E-state index in [-0.39, 0.29) is 0 Å². The summed E-state index contributed by atoms with van der Waals surface area (Å²) in [5.41, 5.74) is 2.04. The zero-order valence-electron chi connectivity index (χ0n) is 10.9. The van der Waals surface area contributed by atoms with E-state index in [0.717, 1.165) is 23.1 Å². The molecule has 0 saturated carbocycles. The molecule has 3 rings (SSSR count). The molecular formula is C14H15N5. The van der Waals surface area contributed by atoms with Gasteiger partial charge in [0.1, 0.15) is 5.82 Å². The molecule has 3 aromatic rings. The largest absolute Gasteiger partial charge is 0.310 e. The first-order valence-electron chi connectivity index (χ1n) is 6.10. The lowest BCUT2D eigenvalue weighted by molar-refractivity contribution is 0.774. The minimum atomic E-state index is 0.785. The van der Waals surface area contributed by atoms with Crippen LogP contribution in [-0.4, -0.2) is 19.3 Å². The van der Waals surface area contributed by atoms with Gasteiger partial charge >= 0.3 is 0 Å². The summed E-state index contributed by atoms with van der Waals surface area (Å²) in [7, 11) is 1.89. The average Bonchev–Trinajstić information content (AvgIpc) is 2.98. The third kappa shape index (κ3) is 2.22. The first-order chi connectivity index (χ1) is 9.24. The number of aryl methyl sites for hydroxylation is 2. The lowest BCUT2D eigenvalue weighted by Crippen LogP contribution is -2.04. The Morgan fingerprint density at radius 1 is 1.11 bits per heavy atom. The number of anilines is 2. The fraction of sp³-hybridized carbons (Fsp3) is 0.143. The minimum absolute atomic E-state index is 0.785. The van der Waals surface area contributed by atoms with E-state index in [9.17, 15) is 0 Å². The predicted molar refractivity (Wildman–Crippen MR) is 74.8 cm³/mol. The van der Waals surface area contributed by atoms with Crippen LogP contribution in [0, 0.1) is 6.92 Å². The van der Waals surface area contributed by atoms with Crippen molar-refractivity contribution in [2.24, 2.45) is 7.05 Å². The Morgan fingerprint density at radius 2 is 1.89 bits per heavy atom. The lowest BCUT2D eigenvalue weighted by atomic mass is 10.3. The zero-order chi connectivity index (χ0) is 13.2. The van der Waals surface area contributed by atoms with E-state index < -0.39 is 0 Å². The quantitative estimate of drug-likeness (QED) is 0.780. The number of para-hydroxylation sites is 1. The molecule has 5 heteroatoms. The van der Waals surface area contributed by atoms with Gasteiger partial charge in [0, 0.05) is 25.0 Å². The van der Waals surface area contributed by atoms with E-state index >= 15 is 0 Å². The van der Waals surface area contributed by atoms with Gasteiger partial charge in [0.15, 0.2) is 0 Å². The summed E-state index contributed by atoms with van der Waals surface area (Å²) < 4.78 is 3.81. The van der Waals surface area contributed by atoms with Crippen molar-refractivity contribution in [1.82, 2.24) is 19.3 Å². The smallest absolute Gasteiger partial charge is 0.213 e. The number of benzene rings is 1. The molecule has 0 bridgehead atoms. The highest BCUT2D eigenvalue weighted by molar-refractivity contribution is 5.52. The number of nitrogens with zero attached hydrogens (tertiary/aromatic N) is 4. The highest BCUT2D eigenvalue weighted by atomic mass is 15.3. The summed E-state index contributed by atoms with van der Waals surface area (Å²) in [5.74, 6) is 1.69. The van der Waals surface area contributed by atoms with E-state index in [1.807, 2.05) is 49.0 Å². The first-order valence-corrected chi connectivity index (χ1v) is 6.10. The van der Waals surface area contributed by atoms with Gasteiger partial charge in [-0.05, 0) is 19.1 Å². The predicted octanol–water partition coefficient (Wildman–Crippen LogP) is 2.66. The van der Waals surface area contributed by atoms with Crippen molar-refractivity contribution in [1.29, 1.82) is 0 Å². The van der Waals surface area contributed by atoms with E-state index in [4.69, 9.17) is 0 Å². The van der Waals surface area contributed by atoms with Crippen molar-refractivity contribution in [2.75, 3.05) is 5.32 Å². The molecule has 0 aliphatic carbocycles. The molecule has 0 radical (unpaired) electrons. The average molecular weight is 253 g/mol. The van der Waals surface area contributed by atoms with Crippen molar-refractivity contribution >= 4 is 11.8 Å². The fourth-order valence-corrected chi connectivity index (χ4v) is 1.98. The van der Waals surface area contributed by atoms with Gasteiger partial charge in [-0.3, -0.25) is 9.25 Å². The van der Waals surface area contributed by atoms with Crippen molar-refractivity contribution in [3.05, 3.63) is 54.5 Å². The van der Waals surface area contributed by atoms with Crippen LogP contribution in [0.4, 0.5) is 11.8 Å². The number of nitrogens with one attached hydrogen (secondary N) is 1. The molecule has 2 aromatic heterocycles. The molecule has 0 atom stereocenters. The highest BCUT2D eigenvalue weighted by Gasteiger charge is 2.09. The van der Waals surface area contributed by atoms with E-state index in [2.05, 4.69) is 27.5 Å². The SMILES string of the molecule is Cc1cn(-c2ccccc2)c(Nc2ccnn2C)n1. The summed E-state index contributed by atoms with van der Waals surface area (Å²) in [4.78, 5) is 4.51. The Morgan fingerprint density at radius 3 is 2.58 bits per heavy atom. The minimum Gasteiger partial charge on any atom is -0.310 e. The van der Waals surface area contributed by atoms with Crippen molar-refractivity contribution in [3.8, 4) is 5.69 Å². The molecule has 2 heterocycles. The van der Waals surface area contributed by atoms with Crippen molar-refractivity contribution in [3.63, 3.8) is 0 Å². The van der Waals surface area contributed by atoms with Gasteiger partial charge in [0.25, 0.3) is 0 Å². The number of rotatable bonds is 3. The molecule has 96 valence electrons. The van der Waals surface area contributed by atoms with Crippen LogP contribution in [0.25, 0.3) is 5.69 Å². The second kappa shape index (κ2) is 4.61. The second-order valence-corrected chi connectivity index (χ2v) is 4.38. The number of hydrogen-bond acceptors (Lipinski definition) is 3. The summed E-state index contributed by atoms with van der Waals surface area (Å²) >= 11 is 0. The Hall–Kier alpha value is -2.56. The number of imidazole rings is 1. The molecule has 0 amide bonds.